The third kappa shape index (κ3) is 4.98. The number of para-hydroxylation sites is 1. The molecule has 0 radical (unpaired) electrons. The number of benzene rings is 2. The number of halogens is 1. The highest BCUT2D eigenvalue weighted by Crippen LogP contribution is 2.18. The van der Waals surface area contributed by atoms with Crippen molar-refractivity contribution in [2.45, 2.75) is 31.5 Å². The van der Waals surface area contributed by atoms with Gasteiger partial charge in [0, 0.05) is 13.1 Å². The molecule has 0 bridgehead atoms. The van der Waals surface area contributed by atoms with Crippen molar-refractivity contribution in [1.82, 2.24) is 14.9 Å². The first kappa shape index (κ1) is 20.1. The van der Waals surface area contributed by atoms with E-state index in [1.54, 1.807) is 28.8 Å². The number of carbonyl (C=O) groups is 1. The van der Waals surface area contributed by atoms with Crippen LogP contribution in [0.5, 0.6) is 0 Å². The molecule has 0 aliphatic rings. The topological polar surface area (TPSA) is 64.0 Å². The Bertz CT molecular complexity index is 1020. The van der Waals surface area contributed by atoms with E-state index < -0.39 is 0 Å². The highest BCUT2D eigenvalue weighted by molar-refractivity contribution is 7.99. The average molecular weight is 399 g/mol. The van der Waals surface area contributed by atoms with E-state index in [1.165, 1.54) is 23.9 Å². The van der Waals surface area contributed by atoms with Crippen LogP contribution >= 0.6 is 11.8 Å². The summed E-state index contributed by atoms with van der Waals surface area (Å²) in [5.74, 6) is -0.222. The molecule has 0 fully saturated rings. The first-order chi connectivity index (χ1) is 13.6. The van der Waals surface area contributed by atoms with Crippen LogP contribution in [0.3, 0.4) is 0 Å². The zero-order valence-electron chi connectivity index (χ0n) is 15.7. The Hall–Kier alpha value is -2.67. The number of hydrogen-bond acceptors (Lipinski definition) is 4. The van der Waals surface area contributed by atoms with Gasteiger partial charge in [0.05, 0.1) is 16.7 Å². The van der Waals surface area contributed by atoms with Gasteiger partial charge in [-0.2, -0.15) is 0 Å². The predicted octanol–water partition coefficient (Wildman–Crippen LogP) is 3.40. The number of nitrogens with zero attached hydrogens (tertiary/aromatic N) is 2. The minimum atomic E-state index is -0.273. The Kier molecular flexibility index (Phi) is 6.81. The number of nitrogens with one attached hydrogen (secondary N) is 1. The quantitative estimate of drug-likeness (QED) is 0.466. The maximum absolute atomic E-state index is 12.9. The molecule has 1 amide bonds. The molecule has 28 heavy (non-hydrogen) atoms. The SMILES string of the molecule is CCCn1c(SCC(=O)NCCc2ccc(F)cc2)nc2ccccc2c1=O. The molecular formula is C21H22FN3O2S. The van der Waals surface area contributed by atoms with E-state index in [-0.39, 0.29) is 23.0 Å². The minimum absolute atomic E-state index is 0.0772. The second-order valence-electron chi connectivity index (χ2n) is 6.38. The zero-order chi connectivity index (χ0) is 19.9. The van der Waals surface area contributed by atoms with Crippen LogP contribution in [0.25, 0.3) is 10.9 Å². The summed E-state index contributed by atoms with van der Waals surface area (Å²) in [6, 6.07) is 13.5. The van der Waals surface area contributed by atoms with Crippen LogP contribution in [-0.4, -0.2) is 27.8 Å². The van der Waals surface area contributed by atoms with Crippen molar-refractivity contribution in [3.63, 3.8) is 0 Å². The van der Waals surface area contributed by atoms with Crippen molar-refractivity contribution in [3.8, 4) is 0 Å². The van der Waals surface area contributed by atoms with Gasteiger partial charge in [-0.15, -0.1) is 0 Å². The lowest BCUT2D eigenvalue weighted by atomic mass is 10.1. The highest BCUT2D eigenvalue weighted by Gasteiger charge is 2.12. The highest BCUT2D eigenvalue weighted by atomic mass is 32.2. The van der Waals surface area contributed by atoms with Gasteiger partial charge < -0.3 is 5.32 Å². The molecule has 0 spiro atoms. The smallest absolute Gasteiger partial charge is 0.262 e. The van der Waals surface area contributed by atoms with Crippen LogP contribution in [0.15, 0.2) is 58.5 Å². The lowest BCUT2D eigenvalue weighted by molar-refractivity contribution is -0.118. The van der Waals surface area contributed by atoms with E-state index in [0.717, 1.165) is 12.0 Å². The van der Waals surface area contributed by atoms with Crippen LogP contribution < -0.4 is 10.9 Å². The zero-order valence-corrected chi connectivity index (χ0v) is 16.5. The van der Waals surface area contributed by atoms with Crippen molar-refractivity contribution in [3.05, 3.63) is 70.3 Å². The van der Waals surface area contributed by atoms with Gasteiger partial charge in [0.1, 0.15) is 5.82 Å². The Balaban J connectivity index is 1.62. The molecule has 1 heterocycles. The third-order valence-electron chi connectivity index (χ3n) is 4.26. The van der Waals surface area contributed by atoms with Gasteiger partial charge in [-0.1, -0.05) is 43.0 Å². The van der Waals surface area contributed by atoms with Crippen LogP contribution in [0, 0.1) is 5.82 Å². The van der Waals surface area contributed by atoms with Gasteiger partial charge in [-0.25, -0.2) is 9.37 Å². The van der Waals surface area contributed by atoms with E-state index >= 15 is 0 Å². The summed E-state index contributed by atoms with van der Waals surface area (Å²) in [7, 11) is 0. The number of carbonyl (C=O) groups excluding carboxylic acids is 1. The molecule has 0 atom stereocenters. The van der Waals surface area contributed by atoms with Crippen molar-refractivity contribution >= 4 is 28.6 Å². The molecule has 0 aliphatic heterocycles. The van der Waals surface area contributed by atoms with E-state index in [9.17, 15) is 14.0 Å². The van der Waals surface area contributed by atoms with Crippen molar-refractivity contribution < 1.29 is 9.18 Å². The standard InChI is InChI=1S/C21H22FN3O2S/c1-2-13-25-20(27)17-5-3-4-6-18(17)24-21(25)28-14-19(26)23-12-11-15-7-9-16(22)10-8-15/h3-10H,2,11-14H2,1H3,(H,23,26). The molecular weight excluding hydrogens is 377 g/mol. The fourth-order valence-electron chi connectivity index (χ4n) is 2.86. The lowest BCUT2D eigenvalue weighted by Gasteiger charge is -2.12. The number of thioether (sulfide) groups is 1. The molecule has 146 valence electrons. The van der Waals surface area contributed by atoms with Crippen molar-refractivity contribution in [1.29, 1.82) is 0 Å². The van der Waals surface area contributed by atoms with E-state index in [2.05, 4.69) is 10.3 Å². The Morgan fingerprint density at radius 3 is 2.68 bits per heavy atom. The Morgan fingerprint density at radius 1 is 1.18 bits per heavy atom. The molecule has 3 aromatic rings. The fraction of sp³-hybridized carbons (Fsp3) is 0.286. The molecule has 2 aromatic carbocycles. The summed E-state index contributed by atoms with van der Waals surface area (Å²) >= 11 is 1.26. The average Bonchev–Trinajstić information content (AvgIpc) is 2.70. The summed E-state index contributed by atoms with van der Waals surface area (Å²) in [4.78, 5) is 29.5. The second kappa shape index (κ2) is 9.50. The van der Waals surface area contributed by atoms with Crippen LogP contribution in [-0.2, 0) is 17.8 Å². The van der Waals surface area contributed by atoms with Gasteiger partial charge in [0.2, 0.25) is 5.91 Å². The number of rotatable bonds is 8. The maximum Gasteiger partial charge on any atom is 0.262 e. The van der Waals surface area contributed by atoms with Gasteiger partial charge >= 0.3 is 0 Å². The lowest BCUT2D eigenvalue weighted by Crippen LogP contribution is -2.28. The summed E-state index contributed by atoms with van der Waals surface area (Å²) in [6.07, 6.45) is 1.43. The van der Waals surface area contributed by atoms with E-state index in [4.69, 9.17) is 0 Å². The molecule has 5 nitrogen and oxygen atoms in total. The molecule has 0 aliphatic carbocycles. The van der Waals surface area contributed by atoms with Crippen molar-refractivity contribution in [2.24, 2.45) is 0 Å². The Labute approximate surface area is 167 Å². The van der Waals surface area contributed by atoms with Crippen molar-refractivity contribution in [2.75, 3.05) is 12.3 Å². The Morgan fingerprint density at radius 2 is 1.93 bits per heavy atom. The molecule has 3 rings (SSSR count). The van der Waals surface area contributed by atoms with Gasteiger partial charge in [-0.05, 0) is 42.7 Å². The molecule has 0 saturated heterocycles. The van der Waals surface area contributed by atoms with Gasteiger partial charge in [-0.3, -0.25) is 14.2 Å². The number of amides is 1. The largest absolute Gasteiger partial charge is 0.355 e. The van der Waals surface area contributed by atoms with Crippen LogP contribution in [0.2, 0.25) is 0 Å². The normalized spacial score (nSPS) is 10.9. The van der Waals surface area contributed by atoms with Crippen LogP contribution in [0.4, 0.5) is 4.39 Å². The molecule has 7 heteroatoms. The predicted molar refractivity (Wildman–Crippen MR) is 110 cm³/mol. The van der Waals surface area contributed by atoms with Crippen LogP contribution in [0.1, 0.15) is 18.9 Å². The first-order valence-electron chi connectivity index (χ1n) is 9.22. The van der Waals surface area contributed by atoms with Gasteiger partial charge in [0.25, 0.3) is 5.56 Å². The fourth-order valence-corrected chi connectivity index (χ4v) is 3.71. The summed E-state index contributed by atoms with van der Waals surface area (Å²) in [5, 5.41) is 3.99. The molecule has 0 saturated carbocycles. The molecule has 1 aromatic heterocycles. The van der Waals surface area contributed by atoms with Gasteiger partial charge in [0.15, 0.2) is 5.16 Å². The summed E-state index contributed by atoms with van der Waals surface area (Å²) in [6.45, 7) is 3.03. The summed E-state index contributed by atoms with van der Waals surface area (Å²) < 4.78 is 14.5. The third-order valence-corrected chi connectivity index (χ3v) is 5.23. The number of aromatic nitrogens is 2. The molecule has 0 unspecified atom stereocenters. The summed E-state index contributed by atoms with van der Waals surface area (Å²) in [5.41, 5.74) is 1.52. The number of fused-ring (bicyclic) bond motifs is 1. The monoisotopic (exact) mass is 399 g/mol. The first-order valence-corrected chi connectivity index (χ1v) is 10.2. The molecule has 1 N–H and O–H groups in total. The maximum atomic E-state index is 12.9. The second-order valence-corrected chi connectivity index (χ2v) is 7.33. The minimum Gasteiger partial charge on any atom is -0.355 e. The van der Waals surface area contributed by atoms with E-state index in [1.807, 2.05) is 19.1 Å². The van der Waals surface area contributed by atoms with E-state index in [0.29, 0.717) is 35.6 Å². The number of hydrogen-bond donors (Lipinski definition) is 1.